The monoisotopic (exact) mass is 483 g/mol. The maximum atomic E-state index is 13.1. The number of rotatable bonds is 3. The molecule has 0 radical (unpaired) electrons. The molecule has 0 saturated carbocycles. The lowest BCUT2D eigenvalue weighted by Crippen LogP contribution is -2.68. The number of carboxylic acid groups (broad SMARTS) is 1. The maximum Gasteiger partial charge on any atom is 0.490 e. The van der Waals surface area contributed by atoms with Crippen LogP contribution in [0.4, 0.5) is 13.2 Å². The Morgan fingerprint density at radius 3 is 2.12 bits per heavy atom. The fourth-order valence-corrected chi connectivity index (χ4v) is 5.03. The molecule has 3 saturated heterocycles. The lowest BCUT2D eigenvalue weighted by atomic mass is 9.77. The largest absolute Gasteiger partial charge is 0.490 e. The van der Waals surface area contributed by atoms with Gasteiger partial charge in [0.05, 0.1) is 6.54 Å². The number of hydrogen-bond donors (Lipinski definition) is 1. The summed E-state index contributed by atoms with van der Waals surface area (Å²) in [5.74, 6) is -2.35. The molecule has 7 nitrogen and oxygen atoms in total. The number of benzene rings is 1. The number of carbonyl (C=O) groups excluding carboxylic acids is 2. The SMILES string of the molecule is Cc1ccc(C(=O)N2CCCC3(CCN3CC(=O)N3CCCC3)C2)c(C)c1.O=C(O)C(F)(F)F. The van der Waals surface area contributed by atoms with Crippen LogP contribution in [0.25, 0.3) is 0 Å². The molecule has 1 N–H and O–H groups in total. The summed E-state index contributed by atoms with van der Waals surface area (Å²) in [6.07, 6.45) is 0.392. The summed E-state index contributed by atoms with van der Waals surface area (Å²) in [5.41, 5.74) is 3.07. The summed E-state index contributed by atoms with van der Waals surface area (Å²) < 4.78 is 31.7. The molecule has 3 aliphatic heterocycles. The molecule has 1 unspecified atom stereocenters. The highest BCUT2D eigenvalue weighted by atomic mass is 19.4. The van der Waals surface area contributed by atoms with Crippen molar-refractivity contribution in [1.29, 1.82) is 0 Å². The van der Waals surface area contributed by atoms with E-state index in [4.69, 9.17) is 9.90 Å². The molecule has 1 atom stereocenters. The van der Waals surface area contributed by atoms with Gasteiger partial charge in [0, 0.05) is 43.8 Å². The van der Waals surface area contributed by atoms with Gasteiger partial charge in [0.1, 0.15) is 0 Å². The first-order valence-corrected chi connectivity index (χ1v) is 11.6. The second kappa shape index (κ2) is 10.3. The first kappa shape index (κ1) is 26.0. The molecule has 0 bridgehead atoms. The number of halogens is 3. The first-order chi connectivity index (χ1) is 15.9. The number of likely N-dealkylation sites (tertiary alicyclic amines) is 3. The number of carbonyl (C=O) groups is 3. The lowest BCUT2D eigenvalue weighted by molar-refractivity contribution is -0.192. The lowest BCUT2D eigenvalue weighted by Gasteiger charge is -2.57. The smallest absolute Gasteiger partial charge is 0.475 e. The van der Waals surface area contributed by atoms with Gasteiger partial charge in [-0.1, -0.05) is 17.7 Å². The summed E-state index contributed by atoms with van der Waals surface area (Å²) in [4.78, 5) is 41.0. The minimum Gasteiger partial charge on any atom is -0.475 e. The van der Waals surface area contributed by atoms with Crippen molar-refractivity contribution in [1.82, 2.24) is 14.7 Å². The molecule has 2 amide bonds. The van der Waals surface area contributed by atoms with Crippen LogP contribution in [0, 0.1) is 13.8 Å². The van der Waals surface area contributed by atoms with Crippen molar-refractivity contribution >= 4 is 17.8 Å². The molecule has 188 valence electrons. The average molecular weight is 484 g/mol. The van der Waals surface area contributed by atoms with E-state index in [1.165, 1.54) is 5.56 Å². The summed E-state index contributed by atoms with van der Waals surface area (Å²) in [5, 5.41) is 7.12. The summed E-state index contributed by atoms with van der Waals surface area (Å²) in [6, 6.07) is 6.06. The van der Waals surface area contributed by atoms with Gasteiger partial charge in [-0.05, 0) is 57.6 Å². The van der Waals surface area contributed by atoms with E-state index in [-0.39, 0.29) is 17.4 Å². The number of piperidine rings is 1. The van der Waals surface area contributed by atoms with Gasteiger partial charge in [-0.15, -0.1) is 0 Å². The Hall–Kier alpha value is -2.62. The molecule has 0 aliphatic carbocycles. The van der Waals surface area contributed by atoms with Crippen molar-refractivity contribution in [3.05, 3.63) is 34.9 Å². The molecule has 3 fully saturated rings. The zero-order valence-corrected chi connectivity index (χ0v) is 19.7. The van der Waals surface area contributed by atoms with Crippen molar-refractivity contribution in [2.75, 3.05) is 39.3 Å². The zero-order chi connectivity index (χ0) is 25.1. The van der Waals surface area contributed by atoms with Gasteiger partial charge < -0.3 is 14.9 Å². The summed E-state index contributed by atoms with van der Waals surface area (Å²) in [7, 11) is 0. The van der Waals surface area contributed by atoms with Crippen LogP contribution in [-0.4, -0.2) is 88.6 Å². The predicted molar refractivity (Wildman–Crippen MR) is 119 cm³/mol. The van der Waals surface area contributed by atoms with Crippen LogP contribution in [0.15, 0.2) is 18.2 Å². The van der Waals surface area contributed by atoms with E-state index in [9.17, 15) is 22.8 Å². The Balaban J connectivity index is 0.000000406. The van der Waals surface area contributed by atoms with E-state index in [2.05, 4.69) is 17.9 Å². The van der Waals surface area contributed by atoms with Crippen LogP contribution >= 0.6 is 0 Å². The standard InChI is InChI=1S/C22H31N3O2.C2HF3O2/c1-17-6-7-19(18(2)14-17)21(27)24-12-5-8-22(16-24)9-13-25(22)15-20(26)23-10-3-4-11-23;3-2(4,5)1(6)7/h6-7,14H,3-5,8-13,15-16H2,1-2H3;(H,6,7). The molecule has 1 spiro atoms. The van der Waals surface area contributed by atoms with Crippen LogP contribution in [0.3, 0.4) is 0 Å². The van der Waals surface area contributed by atoms with Crippen molar-refractivity contribution < 1.29 is 32.7 Å². The van der Waals surface area contributed by atoms with Gasteiger partial charge >= 0.3 is 12.1 Å². The van der Waals surface area contributed by atoms with E-state index in [1.807, 2.05) is 28.9 Å². The van der Waals surface area contributed by atoms with Crippen molar-refractivity contribution in [3.8, 4) is 0 Å². The van der Waals surface area contributed by atoms with Crippen molar-refractivity contribution in [2.24, 2.45) is 0 Å². The Bertz CT molecular complexity index is 931. The van der Waals surface area contributed by atoms with Crippen LogP contribution in [-0.2, 0) is 9.59 Å². The Kier molecular flexibility index (Phi) is 7.90. The molecular weight excluding hydrogens is 451 g/mol. The molecule has 10 heteroatoms. The fraction of sp³-hybridized carbons (Fsp3) is 0.625. The Morgan fingerprint density at radius 2 is 1.59 bits per heavy atom. The first-order valence-electron chi connectivity index (χ1n) is 11.6. The van der Waals surface area contributed by atoms with E-state index in [0.717, 1.165) is 76.0 Å². The minimum absolute atomic E-state index is 0.0158. The summed E-state index contributed by atoms with van der Waals surface area (Å²) in [6.45, 7) is 8.98. The molecular formula is C24H32F3N3O4. The number of hydrogen-bond acceptors (Lipinski definition) is 4. The third-order valence-electron chi connectivity index (χ3n) is 7.00. The number of amides is 2. The molecule has 0 aromatic heterocycles. The zero-order valence-electron chi connectivity index (χ0n) is 19.7. The molecule has 3 heterocycles. The van der Waals surface area contributed by atoms with E-state index in [0.29, 0.717) is 6.54 Å². The minimum atomic E-state index is -5.08. The number of aryl methyl sites for hydroxylation is 2. The highest BCUT2D eigenvalue weighted by Gasteiger charge is 2.49. The van der Waals surface area contributed by atoms with Gasteiger partial charge in [0.2, 0.25) is 5.91 Å². The number of nitrogens with zero attached hydrogens (tertiary/aromatic N) is 3. The molecule has 1 aromatic carbocycles. The fourth-order valence-electron chi connectivity index (χ4n) is 5.03. The topological polar surface area (TPSA) is 81.2 Å². The van der Waals surface area contributed by atoms with E-state index in [1.54, 1.807) is 0 Å². The van der Waals surface area contributed by atoms with E-state index >= 15 is 0 Å². The second-order valence-electron chi connectivity index (χ2n) is 9.44. The van der Waals surface area contributed by atoms with Gasteiger partial charge in [-0.2, -0.15) is 13.2 Å². The highest BCUT2D eigenvalue weighted by Crippen LogP contribution is 2.39. The normalized spacial score (nSPS) is 22.7. The van der Waals surface area contributed by atoms with Gasteiger partial charge in [-0.3, -0.25) is 14.5 Å². The van der Waals surface area contributed by atoms with Crippen LogP contribution < -0.4 is 0 Å². The third-order valence-corrected chi connectivity index (χ3v) is 7.00. The second-order valence-corrected chi connectivity index (χ2v) is 9.44. The molecule has 4 rings (SSSR count). The Labute approximate surface area is 197 Å². The number of alkyl halides is 3. The van der Waals surface area contributed by atoms with Gasteiger partial charge in [0.15, 0.2) is 0 Å². The van der Waals surface area contributed by atoms with Crippen molar-refractivity contribution in [3.63, 3.8) is 0 Å². The van der Waals surface area contributed by atoms with Crippen LogP contribution in [0.1, 0.15) is 53.6 Å². The van der Waals surface area contributed by atoms with Crippen LogP contribution in [0.5, 0.6) is 0 Å². The molecule has 1 aromatic rings. The average Bonchev–Trinajstić information content (AvgIpc) is 3.31. The third kappa shape index (κ3) is 5.89. The maximum absolute atomic E-state index is 13.1. The molecule has 34 heavy (non-hydrogen) atoms. The highest BCUT2D eigenvalue weighted by molar-refractivity contribution is 5.95. The van der Waals surface area contributed by atoms with Crippen molar-refractivity contribution in [2.45, 2.75) is 57.7 Å². The van der Waals surface area contributed by atoms with E-state index < -0.39 is 12.1 Å². The Morgan fingerprint density at radius 1 is 0.971 bits per heavy atom. The van der Waals surface area contributed by atoms with Crippen LogP contribution in [0.2, 0.25) is 0 Å². The van der Waals surface area contributed by atoms with Gasteiger partial charge in [0.25, 0.3) is 5.91 Å². The van der Waals surface area contributed by atoms with Gasteiger partial charge in [-0.25, -0.2) is 4.79 Å². The number of aliphatic carboxylic acids is 1. The predicted octanol–water partition coefficient (Wildman–Crippen LogP) is 3.24. The number of carboxylic acids is 1. The quantitative estimate of drug-likeness (QED) is 0.714. The molecule has 3 aliphatic rings. The summed E-state index contributed by atoms with van der Waals surface area (Å²) >= 11 is 0.